The van der Waals surface area contributed by atoms with Crippen LogP contribution in [-0.4, -0.2) is 47.4 Å². The molecule has 6 nitrogen and oxygen atoms in total. The lowest BCUT2D eigenvalue weighted by Gasteiger charge is -2.20. The largest absolute Gasteiger partial charge is 0.466 e. The number of rotatable bonds is 72. The zero-order chi connectivity index (χ0) is 60.6. The molecule has 0 spiro atoms. The molecule has 3 N–H and O–H groups in total. The molecule has 0 heterocycles. The van der Waals surface area contributed by atoms with Crippen molar-refractivity contribution >= 4 is 11.9 Å². The molecule has 0 rings (SSSR count). The molecule has 2 atom stereocenters. The summed E-state index contributed by atoms with van der Waals surface area (Å²) in [6, 6.07) is -0.626. The zero-order valence-electron chi connectivity index (χ0n) is 56.9. The molecular weight excluding hydrogens is 1030 g/mol. The number of esters is 1. The second kappa shape index (κ2) is 73.5. The molecule has 84 heavy (non-hydrogen) atoms. The summed E-state index contributed by atoms with van der Waals surface area (Å²) in [6.07, 6.45) is 95.4. The molecule has 6 heteroatoms. The van der Waals surface area contributed by atoms with Crippen LogP contribution in [-0.2, 0) is 14.3 Å². The van der Waals surface area contributed by atoms with Crippen molar-refractivity contribution in [3.8, 4) is 0 Å². The van der Waals surface area contributed by atoms with Gasteiger partial charge in [-0.25, -0.2) is 0 Å². The van der Waals surface area contributed by atoms with Crippen LogP contribution < -0.4 is 5.32 Å². The highest BCUT2D eigenvalue weighted by Gasteiger charge is 2.18. The average molecular weight is 1180 g/mol. The fourth-order valence-corrected chi connectivity index (χ4v) is 12.1. The summed E-state index contributed by atoms with van der Waals surface area (Å²) < 4.78 is 5.49. The van der Waals surface area contributed by atoms with E-state index in [4.69, 9.17) is 4.74 Å². The number of ether oxygens (including phenoxy) is 1. The summed E-state index contributed by atoms with van der Waals surface area (Å²) in [7, 11) is 0. The molecule has 0 saturated heterocycles. The Morgan fingerprint density at radius 1 is 0.333 bits per heavy atom. The van der Waals surface area contributed by atoms with Gasteiger partial charge in [-0.1, -0.05) is 384 Å². The van der Waals surface area contributed by atoms with E-state index in [1.807, 2.05) is 6.08 Å². The van der Waals surface area contributed by atoms with E-state index in [9.17, 15) is 19.8 Å². The molecular formula is C78H149NO5. The Morgan fingerprint density at radius 3 is 0.929 bits per heavy atom. The first kappa shape index (κ1) is 82.1. The Bertz CT molecular complexity index is 1360. The van der Waals surface area contributed by atoms with Crippen molar-refractivity contribution in [3.05, 3.63) is 36.5 Å². The molecule has 0 aromatic heterocycles. The second-order valence-electron chi connectivity index (χ2n) is 26.3. The third-order valence-corrected chi connectivity index (χ3v) is 17.9. The van der Waals surface area contributed by atoms with E-state index in [2.05, 4.69) is 43.5 Å². The van der Waals surface area contributed by atoms with Crippen molar-refractivity contribution < 1.29 is 24.5 Å². The Morgan fingerprint density at radius 2 is 0.595 bits per heavy atom. The van der Waals surface area contributed by atoms with Gasteiger partial charge in [-0.15, -0.1) is 0 Å². The van der Waals surface area contributed by atoms with Crippen LogP contribution in [0.4, 0.5) is 0 Å². The van der Waals surface area contributed by atoms with Crippen LogP contribution in [0.1, 0.15) is 425 Å². The van der Waals surface area contributed by atoms with Gasteiger partial charge in [-0.2, -0.15) is 0 Å². The number of aliphatic hydroxyl groups excluding tert-OH is 2. The maximum absolute atomic E-state index is 12.5. The van der Waals surface area contributed by atoms with E-state index < -0.39 is 12.1 Å². The van der Waals surface area contributed by atoms with Crippen LogP contribution >= 0.6 is 0 Å². The van der Waals surface area contributed by atoms with E-state index >= 15 is 0 Å². The summed E-state index contributed by atoms with van der Waals surface area (Å²) in [4.78, 5) is 24.6. The zero-order valence-corrected chi connectivity index (χ0v) is 56.9. The van der Waals surface area contributed by atoms with Gasteiger partial charge in [0.25, 0.3) is 0 Å². The van der Waals surface area contributed by atoms with Crippen LogP contribution in [0.3, 0.4) is 0 Å². The van der Waals surface area contributed by atoms with Crippen molar-refractivity contribution in [1.29, 1.82) is 0 Å². The monoisotopic (exact) mass is 1180 g/mol. The Labute approximate surface area is 525 Å². The molecule has 0 aliphatic rings. The average Bonchev–Trinajstić information content (AvgIpc) is 3.51. The summed E-state index contributed by atoms with van der Waals surface area (Å²) in [5.74, 6) is -0.0534. The third-order valence-electron chi connectivity index (χ3n) is 17.9. The van der Waals surface area contributed by atoms with Gasteiger partial charge in [-0.05, 0) is 64.2 Å². The van der Waals surface area contributed by atoms with Gasteiger partial charge in [0, 0.05) is 12.8 Å². The van der Waals surface area contributed by atoms with Crippen molar-refractivity contribution in [2.75, 3.05) is 13.2 Å². The summed E-state index contributed by atoms with van der Waals surface area (Å²) in [5.41, 5.74) is 0. The molecule has 0 radical (unpaired) electrons. The van der Waals surface area contributed by atoms with Gasteiger partial charge in [0.1, 0.15) is 0 Å². The highest BCUT2D eigenvalue weighted by molar-refractivity contribution is 5.76. The van der Waals surface area contributed by atoms with Gasteiger partial charge >= 0.3 is 5.97 Å². The first-order valence-electron chi connectivity index (χ1n) is 38.3. The number of amides is 1. The lowest BCUT2D eigenvalue weighted by molar-refractivity contribution is -0.143. The van der Waals surface area contributed by atoms with E-state index in [0.29, 0.717) is 19.4 Å². The van der Waals surface area contributed by atoms with Gasteiger partial charge in [-0.3, -0.25) is 9.59 Å². The summed E-state index contributed by atoms with van der Waals surface area (Å²) in [5, 5.41) is 23.3. The molecule has 0 bridgehead atoms. The first-order chi connectivity index (χ1) is 41.5. The normalized spacial score (nSPS) is 12.7. The second-order valence-corrected chi connectivity index (χ2v) is 26.3. The number of hydrogen-bond acceptors (Lipinski definition) is 5. The summed E-state index contributed by atoms with van der Waals surface area (Å²) in [6.45, 7) is 4.92. The molecule has 0 aromatic rings. The van der Waals surface area contributed by atoms with Gasteiger partial charge < -0.3 is 20.3 Å². The molecule has 2 unspecified atom stereocenters. The van der Waals surface area contributed by atoms with Crippen molar-refractivity contribution in [3.63, 3.8) is 0 Å². The lowest BCUT2D eigenvalue weighted by Crippen LogP contribution is -2.45. The van der Waals surface area contributed by atoms with E-state index in [1.165, 1.54) is 347 Å². The Hall–Kier alpha value is -1.92. The van der Waals surface area contributed by atoms with E-state index in [-0.39, 0.29) is 18.5 Å². The third kappa shape index (κ3) is 69.2. The Kier molecular flexibility index (Phi) is 71.9. The van der Waals surface area contributed by atoms with Gasteiger partial charge in [0.15, 0.2) is 0 Å². The predicted octanol–water partition coefficient (Wildman–Crippen LogP) is 25.0. The van der Waals surface area contributed by atoms with Gasteiger partial charge in [0.05, 0.1) is 25.4 Å². The Balaban J connectivity index is 3.36. The molecule has 0 fully saturated rings. The van der Waals surface area contributed by atoms with E-state index in [1.54, 1.807) is 6.08 Å². The van der Waals surface area contributed by atoms with Crippen LogP contribution in [0.25, 0.3) is 0 Å². The molecule has 0 saturated carbocycles. The summed E-state index contributed by atoms with van der Waals surface area (Å²) >= 11 is 0. The first-order valence-corrected chi connectivity index (χ1v) is 38.3. The number of hydrogen-bond donors (Lipinski definition) is 3. The highest BCUT2D eigenvalue weighted by atomic mass is 16.5. The number of allylic oxidation sites excluding steroid dienone is 5. The van der Waals surface area contributed by atoms with Crippen molar-refractivity contribution in [2.45, 2.75) is 437 Å². The number of carbonyl (C=O) groups excluding carboxylic acids is 2. The van der Waals surface area contributed by atoms with Crippen molar-refractivity contribution in [2.24, 2.45) is 0 Å². The maximum atomic E-state index is 12.5. The smallest absolute Gasteiger partial charge is 0.305 e. The van der Waals surface area contributed by atoms with Crippen LogP contribution in [0.2, 0.25) is 0 Å². The standard InChI is InChI=1S/C78H149NO5/c1-3-5-7-9-11-13-15-17-19-20-21-22-33-36-39-43-46-50-54-58-62-66-70-76(81)75(74-80)79-77(82)71-67-63-59-55-51-47-44-40-37-34-31-29-27-25-23-24-26-28-30-32-35-38-41-45-49-53-57-61-65-69-73-84-78(83)72-68-64-60-56-52-48-42-18-16-14-12-10-8-6-4-2/h12,14,18,42,66,70,75-76,80-81H,3-11,13,15-17,19-41,43-65,67-69,71-74H2,1-2H3,(H,79,82)/b14-12-,42-18-,70-66+. The highest BCUT2D eigenvalue weighted by Crippen LogP contribution is 2.19. The topological polar surface area (TPSA) is 95.9 Å². The quantitative estimate of drug-likeness (QED) is 0.0320. The van der Waals surface area contributed by atoms with Crippen molar-refractivity contribution in [1.82, 2.24) is 5.32 Å². The molecule has 0 aromatic carbocycles. The van der Waals surface area contributed by atoms with Crippen LogP contribution in [0.15, 0.2) is 36.5 Å². The minimum absolute atomic E-state index is 0.00635. The number of unbranched alkanes of at least 4 members (excludes halogenated alkanes) is 57. The molecule has 0 aliphatic carbocycles. The number of aliphatic hydroxyl groups is 2. The minimum Gasteiger partial charge on any atom is -0.466 e. The number of carbonyl (C=O) groups is 2. The molecule has 496 valence electrons. The number of nitrogens with one attached hydrogen (secondary N) is 1. The lowest BCUT2D eigenvalue weighted by atomic mass is 10.0. The van der Waals surface area contributed by atoms with Gasteiger partial charge in [0.2, 0.25) is 5.91 Å². The maximum Gasteiger partial charge on any atom is 0.305 e. The van der Waals surface area contributed by atoms with E-state index in [0.717, 1.165) is 51.4 Å². The fraction of sp³-hybridized carbons (Fsp3) is 0.897. The fourth-order valence-electron chi connectivity index (χ4n) is 12.1. The van der Waals surface area contributed by atoms with Crippen LogP contribution in [0.5, 0.6) is 0 Å². The van der Waals surface area contributed by atoms with Crippen LogP contribution in [0, 0.1) is 0 Å². The molecule has 0 aliphatic heterocycles. The molecule has 1 amide bonds. The predicted molar refractivity (Wildman–Crippen MR) is 370 cm³/mol. The SMILES string of the molecule is CCCCC/C=C\C/C=C\CCCCCCCC(=O)OCCCCCCCCCCCCCCCCCCCCCCCCCCCCCCCCC(=O)NC(CO)C(O)/C=C/CCCCCCCCCCCCCCCCCCCCCC. The minimum atomic E-state index is -0.843.